The minimum Gasteiger partial charge on any atom is -0.454 e. The Morgan fingerprint density at radius 1 is 1.14 bits per heavy atom. The maximum absolute atomic E-state index is 12.3. The lowest BCUT2D eigenvalue weighted by atomic mass is 9.97. The summed E-state index contributed by atoms with van der Waals surface area (Å²) in [5.74, 6) is -0.815. The molecule has 2 aromatic rings. The van der Waals surface area contributed by atoms with E-state index in [0.29, 0.717) is 10.7 Å². The number of carbonyl (C=O) groups is 2. The van der Waals surface area contributed by atoms with Gasteiger partial charge in [0, 0.05) is 11.8 Å². The Kier molecular flexibility index (Phi) is 4.93. The number of aryl methyl sites for hydroxylation is 3. The van der Waals surface area contributed by atoms with Crippen molar-refractivity contribution < 1.29 is 14.3 Å². The first-order valence-corrected chi connectivity index (χ1v) is 7.16. The number of Topliss-reactive ketones (excluding diaryl/α,β-unsaturated/α-hetero) is 1. The number of aromatic nitrogens is 1. The Morgan fingerprint density at radius 2 is 1.77 bits per heavy atom. The number of hydrogen-bond donors (Lipinski definition) is 0. The highest BCUT2D eigenvalue weighted by atomic mass is 35.5. The van der Waals surface area contributed by atoms with Crippen molar-refractivity contribution in [3.63, 3.8) is 0 Å². The van der Waals surface area contributed by atoms with Gasteiger partial charge in [0.15, 0.2) is 6.61 Å². The zero-order chi connectivity index (χ0) is 16.3. The van der Waals surface area contributed by atoms with Crippen molar-refractivity contribution in [2.45, 2.75) is 20.8 Å². The molecule has 0 spiro atoms. The Balaban J connectivity index is 2.07. The fraction of sp³-hybridized carbons (Fsp3) is 0.235. The lowest BCUT2D eigenvalue weighted by Gasteiger charge is -2.10. The second kappa shape index (κ2) is 6.71. The van der Waals surface area contributed by atoms with Crippen LogP contribution in [-0.4, -0.2) is 23.3 Å². The second-order valence-electron chi connectivity index (χ2n) is 5.14. The monoisotopic (exact) mass is 317 g/mol. The molecule has 22 heavy (non-hydrogen) atoms. The third kappa shape index (κ3) is 3.71. The average molecular weight is 318 g/mol. The molecule has 0 aliphatic rings. The number of carbonyl (C=O) groups excluding carboxylic acids is 2. The lowest BCUT2D eigenvalue weighted by molar-refractivity contribution is 0.0474. The number of ether oxygens (including phenoxy) is 1. The van der Waals surface area contributed by atoms with Crippen molar-refractivity contribution in [2.24, 2.45) is 0 Å². The van der Waals surface area contributed by atoms with Crippen LogP contribution in [0.15, 0.2) is 30.5 Å². The van der Waals surface area contributed by atoms with E-state index in [1.807, 2.05) is 32.9 Å². The summed E-state index contributed by atoms with van der Waals surface area (Å²) < 4.78 is 5.05. The number of ketones is 1. The van der Waals surface area contributed by atoms with Gasteiger partial charge in [-0.05, 0) is 44.0 Å². The molecule has 0 bridgehead atoms. The molecule has 0 radical (unpaired) electrons. The molecular weight excluding hydrogens is 302 g/mol. The Labute approximate surface area is 134 Å². The van der Waals surface area contributed by atoms with E-state index in [2.05, 4.69) is 4.98 Å². The quantitative estimate of drug-likeness (QED) is 0.490. The maximum atomic E-state index is 12.3. The van der Waals surface area contributed by atoms with Crippen molar-refractivity contribution in [3.8, 4) is 0 Å². The van der Waals surface area contributed by atoms with Crippen molar-refractivity contribution in [1.29, 1.82) is 0 Å². The van der Waals surface area contributed by atoms with Crippen molar-refractivity contribution >= 4 is 23.4 Å². The van der Waals surface area contributed by atoms with Gasteiger partial charge < -0.3 is 4.74 Å². The smallest absolute Gasteiger partial charge is 0.340 e. The molecule has 1 aromatic heterocycles. The molecule has 0 unspecified atom stereocenters. The molecule has 0 aliphatic heterocycles. The highest BCUT2D eigenvalue weighted by molar-refractivity contribution is 6.29. The molecule has 1 aromatic carbocycles. The van der Waals surface area contributed by atoms with Crippen LogP contribution in [0.25, 0.3) is 0 Å². The molecule has 0 atom stereocenters. The van der Waals surface area contributed by atoms with Gasteiger partial charge in [0.1, 0.15) is 5.15 Å². The third-order valence-corrected chi connectivity index (χ3v) is 3.48. The molecule has 5 heteroatoms. The number of nitrogens with zero attached hydrogens (tertiary/aromatic N) is 1. The van der Waals surface area contributed by atoms with E-state index < -0.39 is 5.97 Å². The molecule has 2 rings (SSSR count). The number of halogens is 1. The van der Waals surface area contributed by atoms with Gasteiger partial charge in [-0.15, -0.1) is 0 Å². The predicted octanol–water partition coefficient (Wildman–Crippen LogP) is 3.70. The van der Waals surface area contributed by atoms with Crippen LogP contribution in [0.1, 0.15) is 37.4 Å². The molecule has 0 amide bonds. The summed E-state index contributed by atoms with van der Waals surface area (Å²) in [5, 5.41) is 0.290. The van der Waals surface area contributed by atoms with Crippen LogP contribution >= 0.6 is 11.6 Å². The van der Waals surface area contributed by atoms with E-state index in [0.717, 1.165) is 16.7 Å². The van der Waals surface area contributed by atoms with Gasteiger partial charge in [0.2, 0.25) is 5.78 Å². The summed E-state index contributed by atoms with van der Waals surface area (Å²) in [6, 6.07) is 6.87. The van der Waals surface area contributed by atoms with Gasteiger partial charge in [-0.3, -0.25) is 4.79 Å². The molecule has 0 saturated carbocycles. The highest BCUT2D eigenvalue weighted by Gasteiger charge is 2.16. The first kappa shape index (κ1) is 16.2. The predicted molar refractivity (Wildman–Crippen MR) is 84.5 cm³/mol. The molecule has 0 aliphatic carbocycles. The second-order valence-corrected chi connectivity index (χ2v) is 5.53. The summed E-state index contributed by atoms with van der Waals surface area (Å²) in [6.45, 7) is 5.42. The maximum Gasteiger partial charge on any atom is 0.340 e. The Bertz CT molecular complexity index is 700. The zero-order valence-electron chi connectivity index (χ0n) is 12.6. The fourth-order valence-corrected chi connectivity index (χ4v) is 2.51. The van der Waals surface area contributed by atoms with Gasteiger partial charge >= 0.3 is 5.97 Å². The zero-order valence-corrected chi connectivity index (χ0v) is 13.4. The number of pyridine rings is 1. The Morgan fingerprint density at radius 3 is 2.32 bits per heavy atom. The average Bonchev–Trinajstić information content (AvgIpc) is 2.44. The first-order valence-electron chi connectivity index (χ1n) is 6.78. The molecule has 1 heterocycles. The lowest BCUT2D eigenvalue weighted by Crippen LogP contribution is -2.16. The third-order valence-electron chi connectivity index (χ3n) is 3.25. The topological polar surface area (TPSA) is 56.3 Å². The number of hydrogen-bond acceptors (Lipinski definition) is 4. The normalized spacial score (nSPS) is 10.4. The van der Waals surface area contributed by atoms with Gasteiger partial charge in [-0.2, -0.15) is 0 Å². The Hall–Kier alpha value is -2.20. The van der Waals surface area contributed by atoms with Crippen molar-refractivity contribution in [2.75, 3.05) is 6.61 Å². The van der Waals surface area contributed by atoms with Crippen LogP contribution < -0.4 is 0 Å². The minimum absolute atomic E-state index is 0.217. The summed E-state index contributed by atoms with van der Waals surface area (Å²) in [4.78, 5) is 27.9. The van der Waals surface area contributed by atoms with E-state index in [4.69, 9.17) is 16.3 Å². The summed E-state index contributed by atoms with van der Waals surface area (Å²) in [5.41, 5.74) is 3.72. The van der Waals surface area contributed by atoms with E-state index in [-0.39, 0.29) is 18.0 Å². The SMILES string of the molecule is Cc1cc(C)c(C(=O)COC(=O)c2ccc(Cl)nc2)c(C)c1. The van der Waals surface area contributed by atoms with Crippen LogP contribution in [0.5, 0.6) is 0 Å². The van der Waals surface area contributed by atoms with Gasteiger partial charge in [0.25, 0.3) is 0 Å². The van der Waals surface area contributed by atoms with E-state index in [1.54, 1.807) is 0 Å². The van der Waals surface area contributed by atoms with Crippen LogP contribution in [0.4, 0.5) is 0 Å². The largest absolute Gasteiger partial charge is 0.454 e. The molecule has 0 saturated heterocycles. The van der Waals surface area contributed by atoms with Crippen LogP contribution in [0, 0.1) is 20.8 Å². The minimum atomic E-state index is -0.597. The summed E-state index contributed by atoms with van der Waals surface area (Å²) >= 11 is 5.65. The highest BCUT2D eigenvalue weighted by Crippen LogP contribution is 2.17. The van der Waals surface area contributed by atoms with Crippen molar-refractivity contribution in [1.82, 2.24) is 4.98 Å². The van der Waals surface area contributed by atoms with E-state index in [9.17, 15) is 9.59 Å². The van der Waals surface area contributed by atoms with Crippen LogP contribution in [0.2, 0.25) is 5.15 Å². The summed E-state index contributed by atoms with van der Waals surface area (Å²) in [7, 11) is 0. The van der Waals surface area contributed by atoms with E-state index >= 15 is 0 Å². The van der Waals surface area contributed by atoms with Gasteiger partial charge in [-0.25, -0.2) is 9.78 Å². The van der Waals surface area contributed by atoms with Gasteiger partial charge in [-0.1, -0.05) is 29.3 Å². The van der Waals surface area contributed by atoms with Crippen molar-refractivity contribution in [3.05, 3.63) is 63.4 Å². The van der Waals surface area contributed by atoms with E-state index in [1.165, 1.54) is 18.3 Å². The standard InChI is InChI=1S/C17H16ClNO3/c1-10-6-11(2)16(12(3)7-10)14(20)9-22-17(21)13-4-5-15(18)19-8-13/h4-8H,9H2,1-3H3. The number of esters is 1. The van der Waals surface area contributed by atoms with Gasteiger partial charge in [0.05, 0.1) is 5.56 Å². The molecule has 114 valence electrons. The van der Waals surface area contributed by atoms with Crippen LogP contribution in [0.3, 0.4) is 0 Å². The van der Waals surface area contributed by atoms with Crippen LogP contribution in [-0.2, 0) is 4.74 Å². The molecular formula is C17H16ClNO3. The first-order chi connectivity index (χ1) is 10.4. The summed E-state index contributed by atoms with van der Waals surface area (Å²) in [6.07, 6.45) is 1.32. The number of rotatable bonds is 4. The molecule has 4 nitrogen and oxygen atoms in total. The fourth-order valence-electron chi connectivity index (χ4n) is 2.40. The molecule has 0 fully saturated rings. The number of benzene rings is 1. The molecule has 0 N–H and O–H groups in total.